The lowest BCUT2D eigenvalue weighted by Gasteiger charge is -2.39. The van der Waals surface area contributed by atoms with Crippen molar-refractivity contribution in [2.75, 3.05) is 32.9 Å². The quantitative estimate of drug-likeness (QED) is 0.200. The maximum Gasteiger partial charge on any atom is 0.294 e. The smallest absolute Gasteiger partial charge is 0.294 e. The molecule has 1 unspecified atom stereocenters. The number of nitrogens with zero attached hydrogens (tertiary/aromatic N) is 5. The first-order chi connectivity index (χ1) is 21.8. The Morgan fingerprint density at radius 2 is 1.72 bits per heavy atom. The first kappa shape index (κ1) is 34.9. The van der Waals surface area contributed by atoms with E-state index < -0.39 is 51.0 Å². The zero-order valence-corrected chi connectivity index (χ0v) is 26.9. The Labute approximate surface area is 266 Å². The molecule has 46 heavy (non-hydrogen) atoms. The Hall–Kier alpha value is -3.96. The van der Waals surface area contributed by atoms with E-state index in [9.17, 15) is 38.5 Å². The molecule has 1 fully saturated rings. The fourth-order valence-corrected chi connectivity index (χ4v) is 7.41. The second-order valence-electron chi connectivity index (χ2n) is 11.5. The lowest BCUT2D eigenvalue weighted by atomic mass is 9.82. The summed E-state index contributed by atoms with van der Waals surface area (Å²) in [5, 5.41) is 30.2. The first-order valence-corrected chi connectivity index (χ1v) is 16.7. The molecule has 3 aliphatic rings. The average Bonchev–Trinajstić information content (AvgIpc) is 3.49. The lowest BCUT2D eigenvalue weighted by molar-refractivity contribution is -0.772. The minimum absolute atomic E-state index is 0.0267. The van der Waals surface area contributed by atoms with Gasteiger partial charge in [0, 0.05) is 30.6 Å². The molecular formula is C29H39N5O11S. The maximum atomic E-state index is 13.9. The summed E-state index contributed by atoms with van der Waals surface area (Å²) in [5.41, 5.74) is 0.780. The van der Waals surface area contributed by atoms with Crippen LogP contribution in [0.2, 0.25) is 0 Å². The summed E-state index contributed by atoms with van der Waals surface area (Å²) < 4.78 is 34.9. The summed E-state index contributed by atoms with van der Waals surface area (Å²) >= 11 is 0. The predicted octanol–water partition coefficient (Wildman–Crippen LogP) is 3.07. The van der Waals surface area contributed by atoms with Crippen molar-refractivity contribution < 1.29 is 42.9 Å². The van der Waals surface area contributed by atoms with Crippen molar-refractivity contribution in [3.05, 3.63) is 55.3 Å². The summed E-state index contributed by atoms with van der Waals surface area (Å²) in [4.78, 5) is 52.8. The number of carbonyl (C=O) groups is 1. The number of hydrogen-bond acceptors (Lipinski definition) is 13. The number of hydrogen-bond donors (Lipinski definition) is 1. The number of allylic oxidation sites excluding steroid dienone is 1. The molecule has 1 N–H and O–H groups in total. The van der Waals surface area contributed by atoms with Crippen LogP contribution in [0.25, 0.3) is 0 Å². The largest absolute Gasteiger partial charge is 0.493 e. The molecule has 17 heteroatoms. The van der Waals surface area contributed by atoms with Gasteiger partial charge in [-0.3, -0.25) is 9.79 Å². The molecule has 0 saturated carbocycles. The van der Waals surface area contributed by atoms with Crippen molar-refractivity contribution >= 4 is 27.2 Å². The van der Waals surface area contributed by atoms with E-state index in [1.807, 2.05) is 20.8 Å². The van der Waals surface area contributed by atoms with Gasteiger partial charge in [-0.2, -0.15) is 4.31 Å². The molecule has 0 amide bonds. The van der Waals surface area contributed by atoms with Crippen LogP contribution in [-0.4, -0.2) is 89.8 Å². The highest BCUT2D eigenvalue weighted by Crippen LogP contribution is 2.37. The van der Waals surface area contributed by atoms with Crippen molar-refractivity contribution in [1.29, 1.82) is 0 Å². The average molecular weight is 666 g/mol. The SMILES string of the molecule is CCCOc1ccc(S(=O)(=O)N2CCC(C(O)(CO[N+](=O)[O-])CO[N+](=O)[O-])CC2)cc1C1=NC2=C(C1)C(=O)C(CC)N=C2CCC. The van der Waals surface area contributed by atoms with Gasteiger partial charge in [-0.1, -0.05) is 27.2 Å². The van der Waals surface area contributed by atoms with Gasteiger partial charge in [0.15, 0.2) is 5.78 Å². The van der Waals surface area contributed by atoms with E-state index in [0.29, 0.717) is 54.2 Å². The monoisotopic (exact) mass is 665 g/mol. The molecule has 1 atom stereocenters. The van der Waals surface area contributed by atoms with Crippen LogP contribution in [0, 0.1) is 26.1 Å². The predicted molar refractivity (Wildman–Crippen MR) is 164 cm³/mol. The van der Waals surface area contributed by atoms with Crippen LogP contribution in [0.1, 0.15) is 71.3 Å². The number of benzene rings is 1. The molecular weight excluding hydrogens is 626 g/mol. The Bertz CT molecular complexity index is 1530. The van der Waals surface area contributed by atoms with Crippen LogP contribution in [0.15, 0.2) is 44.3 Å². The molecule has 0 radical (unpaired) electrons. The number of sulfonamides is 1. The minimum atomic E-state index is -4.08. The second-order valence-corrected chi connectivity index (χ2v) is 13.4. The van der Waals surface area contributed by atoms with Crippen LogP contribution < -0.4 is 4.74 Å². The molecule has 4 rings (SSSR count). The van der Waals surface area contributed by atoms with Crippen molar-refractivity contribution in [2.24, 2.45) is 15.9 Å². The molecule has 3 heterocycles. The van der Waals surface area contributed by atoms with Crippen LogP contribution in [0.4, 0.5) is 0 Å². The summed E-state index contributed by atoms with van der Waals surface area (Å²) in [6.07, 6.45) is 3.05. The molecule has 0 aromatic heterocycles. The molecule has 16 nitrogen and oxygen atoms in total. The lowest BCUT2D eigenvalue weighted by Crippen LogP contribution is -2.52. The summed E-state index contributed by atoms with van der Waals surface area (Å²) in [6.45, 7) is 4.37. The zero-order valence-electron chi connectivity index (χ0n) is 26.0. The van der Waals surface area contributed by atoms with Gasteiger partial charge in [0.2, 0.25) is 10.0 Å². The Morgan fingerprint density at radius 3 is 2.28 bits per heavy atom. The highest BCUT2D eigenvalue weighted by molar-refractivity contribution is 7.89. The highest BCUT2D eigenvalue weighted by Gasteiger charge is 2.43. The van der Waals surface area contributed by atoms with E-state index in [1.54, 1.807) is 6.07 Å². The summed E-state index contributed by atoms with van der Waals surface area (Å²) in [5.74, 6) is -0.424. The molecule has 0 aliphatic carbocycles. The Morgan fingerprint density at radius 1 is 1.07 bits per heavy atom. The minimum Gasteiger partial charge on any atom is -0.493 e. The van der Waals surface area contributed by atoms with Gasteiger partial charge >= 0.3 is 0 Å². The molecule has 3 aliphatic heterocycles. The number of piperidine rings is 1. The van der Waals surface area contributed by atoms with E-state index in [0.717, 1.165) is 12.1 Å². The fourth-order valence-electron chi connectivity index (χ4n) is 5.92. The molecule has 0 spiro atoms. The zero-order chi connectivity index (χ0) is 33.6. The third kappa shape index (κ3) is 7.53. The number of aliphatic imine (C=N–C) groups is 2. The number of Topliss-reactive ketones (excluding diaryl/α,β-unsaturated/α-hetero) is 1. The topological polar surface area (TPSA) is 213 Å². The number of carbonyl (C=O) groups excluding carboxylic acids is 1. The van der Waals surface area contributed by atoms with Crippen LogP contribution in [0.5, 0.6) is 5.75 Å². The number of aliphatic hydroxyl groups is 1. The third-order valence-electron chi connectivity index (χ3n) is 8.35. The van der Waals surface area contributed by atoms with Gasteiger partial charge in [-0.25, -0.2) is 13.4 Å². The van der Waals surface area contributed by atoms with E-state index in [-0.39, 0.29) is 43.0 Å². The van der Waals surface area contributed by atoms with E-state index in [4.69, 9.17) is 9.73 Å². The van der Waals surface area contributed by atoms with Crippen LogP contribution in [-0.2, 0) is 24.5 Å². The van der Waals surface area contributed by atoms with E-state index >= 15 is 0 Å². The van der Waals surface area contributed by atoms with Crippen molar-refractivity contribution in [3.63, 3.8) is 0 Å². The van der Waals surface area contributed by atoms with Crippen molar-refractivity contribution in [3.8, 4) is 5.75 Å². The van der Waals surface area contributed by atoms with Gasteiger partial charge in [0.25, 0.3) is 10.2 Å². The van der Waals surface area contributed by atoms with E-state index in [1.165, 1.54) is 16.4 Å². The standard InChI is InChI=1S/C29H39N5O11S/c1-4-7-24-27-22(28(35)23(6-3)30-24)16-25(31-27)21-15-20(8-9-26(21)43-14-5-2)46(41,42)32-12-10-19(11-13-32)29(36,17-44-33(37)38)18-45-34(39)40/h8-9,15,19,23,36H,4-7,10-14,16-18H2,1-3H3. The first-order valence-electron chi connectivity index (χ1n) is 15.3. The van der Waals surface area contributed by atoms with Crippen molar-refractivity contribution in [2.45, 2.75) is 82.3 Å². The van der Waals surface area contributed by atoms with E-state index in [2.05, 4.69) is 14.7 Å². The molecule has 1 aromatic carbocycles. The van der Waals surface area contributed by atoms with Gasteiger partial charge < -0.3 is 19.5 Å². The fraction of sp³-hybridized carbons (Fsp3) is 0.621. The summed E-state index contributed by atoms with van der Waals surface area (Å²) in [7, 11) is -4.08. The number of dihydropyridines is 1. The molecule has 1 saturated heterocycles. The van der Waals surface area contributed by atoms with Crippen LogP contribution in [0.3, 0.4) is 0 Å². The van der Waals surface area contributed by atoms with Gasteiger partial charge in [-0.15, -0.1) is 20.2 Å². The maximum absolute atomic E-state index is 13.9. The Balaban J connectivity index is 1.59. The molecule has 1 aromatic rings. The van der Waals surface area contributed by atoms with Gasteiger partial charge in [0.05, 0.1) is 28.6 Å². The molecule has 0 bridgehead atoms. The number of rotatable bonds is 16. The third-order valence-corrected chi connectivity index (χ3v) is 10.2. The van der Waals surface area contributed by atoms with Crippen LogP contribution >= 0.6 is 0 Å². The number of ketones is 1. The normalized spacial score (nSPS) is 19.4. The highest BCUT2D eigenvalue weighted by atomic mass is 32.2. The second kappa shape index (κ2) is 14.6. The van der Waals surface area contributed by atoms with Crippen molar-refractivity contribution in [1.82, 2.24) is 4.31 Å². The van der Waals surface area contributed by atoms with Gasteiger partial charge in [-0.05, 0) is 56.2 Å². The summed E-state index contributed by atoms with van der Waals surface area (Å²) in [6, 6.07) is 4.04. The van der Waals surface area contributed by atoms with Gasteiger partial charge in [0.1, 0.15) is 30.6 Å². The Kier molecular flexibility index (Phi) is 11.1. The number of ether oxygens (including phenoxy) is 1. The molecule has 252 valence electrons.